The highest BCUT2D eigenvalue weighted by Gasteiger charge is 2.20. The minimum atomic E-state index is -0.193. The average Bonchev–Trinajstić information content (AvgIpc) is 4.10. The second-order valence-electron chi connectivity index (χ2n) is 18.6. The van der Waals surface area contributed by atoms with Crippen LogP contribution in [0.25, 0.3) is 49.8 Å². The van der Waals surface area contributed by atoms with E-state index in [0.717, 1.165) is 24.0 Å². The number of fused-ring (bicyclic) bond motifs is 1. The standard InChI is InChI=1S/C58H78F2S4/c1-3-5-7-9-11-13-15-17-19-21-23-25-27-29-31-47-41-52(63-57(47)46-35-39-50(60)40-36-46)53-42-48(32-30-28-26-24-22-20-18-16-14-12-10-8-6-4-2)58(64-53)56-44-55-54(62-56)43-51(61-55)45-33-37-49(59)38-34-45/h33-44H,3-32H2,1-2H3. The van der Waals surface area contributed by atoms with Crippen molar-refractivity contribution < 1.29 is 8.78 Å². The average molecular weight is 942 g/mol. The minimum Gasteiger partial charge on any atom is -0.207 e. The fraction of sp³-hybridized carbons (Fsp3) is 0.552. The molecule has 6 heteroatoms. The summed E-state index contributed by atoms with van der Waals surface area (Å²) in [7, 11) is 0. The molecule has 2 aromatic carbocycles. The summed E-state index contributed by atoms with van der Waals surface area (Å²) >= 11 is 7.58. The molecule has 0 aliphatic rings. The van der Waals surface area contributed by atoms with E-state index >= 15 is 0 Å². The molecule has 6 aromatic rings. The van der Waals surface area contributed by atoms with E-state index in [-0.39, 0.29) is 11.6 Å². The Morgan fingerprint density at radius 2 is 0.641 bits per heavy atom. The molecule has 4 aromatic heterocycles. The van der Waals surface area contributed by atoms with Crippen molar-refractivity contribution in [1.29, 1.82) is 0 Å². The SMILES string of the molecule is CCCCCCCCCCCCCCCCc1cc(-c2cc(CCCCCCCCCCCCCCCC)c(-c3cc4sc(-c5ccc(F)cc5)cc4s3)s2)sc1-c1ccc(F)cc1. The number of unbranched alkanes of at least 4 members (excludes halogenated alkanes) is 26. The third-order valence-corrected chi connectivity index (χ3v) is 18.2. The van der Waals surface area contributed by atoms with Gasteiger partial charge in [0.2, 0.25) is 0 Å². The third-order valence-electron chi connectivity index (χ3n) is 13.1. The Hall–Kier alpha value is -2.64. The summed E-state index contributed by atoms with van der Waals surface area (Å²) in [5.74, 6) is -0.368. The molecule has 0 radical (unpaired) electrons. The van der Waals surface area contributed by atoms with Gasteiger partial charge < -0.3 is 0 Å². The Morgan fingerprint density at radius 1 is 0.312 bits per heavy atom. The van der Waals surface area contributed by atoms with Crippen LogP contribution in [0.5, 0.6) is 0 Å². The monoisotopic (exact) mass is 940 g/mol. The molecule has 0 fully saturated rings. The van der Waals surface area contributed by atoms with Crippen molar-refractivity contribution in [3.63, 3.8) is 0 Å². The highest BCUT2D eigenvalue weighted by Crippen LogP contribution is 2.49. The van der Waals surface area contributed by atoms with Crippen LogP contribution in [0.15, 0.2) is 72.8 Å². The van der Waals surface area contributed by atoms with Gasteiger partial charge in [0, 0.05) is 38.7 Å². The van der Waals surface area contributed by atoms with E-state index in [1.54, 1.807) is 24.3 Å². The third kappa shape index (κ3) is 16.9. The Kier molecular flexibility index (Phi) is 23.2. The highest BCUT2D eigenvalue weighted by molar-refractivity contribution is 7.33. The molecule has 0 nitrogen and oxygen atoms in total. The molecule has 6 rings (SSSR count). The maximum absolute atomic E-state index is 14.1. The lowest BCUT2D eigenvalue weighted by atomic mass is 10.0. The molecular formula is C58H78F2S4. The second-order valence-corrected chi connectivity index (χ2v) is 22.9. The van der Waals surface area contributed by atoms with Crippen molar-refractivity contribution in [2.24, 2.45) is 0 Å². The summed E-state index contributed by atoms with van der Waals surface area (Å²) < 4.78 is 30.4. The van der Waals surface area contributed by atoms with E-state index < -0.39 is 0 Å². The maximum Gasteiger partial charge on any atom is 0.123 e. The van der Waals surface area contributed by atoms with Crippen molar-refractivity contribution in [2.45, 2.75) is 206 Å². The van der Waals surface area contributed by atoms with Gasteiger partial charge in [-0.3, -0.25) is 0 Å². The first-order valence-corrected chi connectivity index (χ1v) is 29.1. The zero-order chi connectivity index (χ0) is 44.6. The summed E-state index contributed by atoms with van der Waals surface area (Å²) in [5.41, 5.74) is 5.11. The van der Waals surface area contributed by atoms with Gasteiger partial charge in [-0.2, -0.15) is 0 Å². The molecule has 64 heavy (non-hydrogen) atoms. The smallest absolute Gasteiger partial charge is 0.123 e. The number of halogens is 2. The lowest BCUT2D eigenvalue weighted by molar-refractivity contribution is 0.535. The fourth-order valence-electron chi connectivity index (χ4n) is 9.25. The second kappa shape index (κ2) is 29.2. The van der Waals surface area contributed by atoms with Gasteiger partial charge in [0.25, 0.3) is 0 Å². The molecule has 0 N–H and O–H groups in total. The predicted octanol–water partition coefficient (Wildman–Crippen LogP) is 22.1. The van der Waals surface area contributed by atoms with E-state index in [2.05, 4.69) is 38.1 Å². The van der Waals surface area contributed by atoms with Gasteiger partial charge in [-0.15, -0.1) is 45.3 Å². The summed E-state index contributed by atoms with van der Waals surface area (Å²) in [6.45, 7) is 4.59. The van der Waals surface area contributed by atoms with E-state index in [1.165, 1.54) is 230 Å². The number of hydrogen-bond acceptors (Lipinski definition) is 4. The van der Waals surface area contributed by atoms with Gasteiger partial charge in [0.05, 0.1) is 0 Å². The van der Waals surface area contributed by atoms with Crippen molar-refractivity contribution in [1.82, 2.24) is 0 Å². The van der Waals surface area contributed by atoms with Crippen molar-refractivity contribution >= 4 is 54.7 Å². The Morgan fingerprint density at radius 3 is 1.06 bits per heavy atom. The van der Waals surface area contributed by atoms with Crippen molar-refractivity contribution in [3.05, 3.63) is 95.6 Å². The van der Waals surface area contributed by atoms with Crippen molar-refractivity contribution in [3.8, 4) is 40.4 Å². The van der Waals surface area contributed by atoms with Gasteiger partial charge in [-0.05, 0) is 96.5 Å². The van der Waals surface area contributed by atoms with E-state index in [1.807, 2.05) is 69.6 Å². The van der Waals surface area contributed by atoms with Crippen LogP contribution in [-0.4, -0.2) is 0 Å². The van der Waals surface area contributed by atoms with Crippen LogP contribution >= 0.6 is 45.3 Å². The fourth-order valence-corrected chi connectivity index (χ4v) is 14.3. The molecule has 0 aliphatic carbocycles. The topological polar surface area (TPSA) is 0 Å². The van der Waals surface area contributed by atoms with Crippen LogP contribution in [-0.2, 0) is 12.8 Å². The van der Waals surface area contributed by atoms with Gasteiger partial charge in [-0.1, -0.05) is 205 Å². The Labute approximate surface area is 403 Å². The quantitative estimate of drug-likeness (QED) is 0.0354. The lowest BCUT2D eigenvalue weighted by Crippen LogP contribution is -1.88. The molecule has 0 atom stereocenters. The van der Waals surface area contributed by atoms with Gasteiger partial charge in [-0.25, -0.2) is 8.78 Å². The summed E-state index contributed by atoms with van der Waals surface area (Å²) in [5, 5.41) is 0. The summed E-state index contributed by atoms with van der Waals surface area (Å²) in [6, 6.07) is 23.8. The number of aryl methyl sites for hydroxylation is 2. The van der Waals surface area contributed by atoms with Crippen molar-refractivity contribution in [2.75, 3.05) is 0 Å². The van der Waals surface area contributed by atoms with Gasteiger partial charge >= 0.3 is 0 Å². The Bertz CT molecular complexity index is 2110. The molecule has 4 heterocycles. The molecular weight excluding hydrogens is 863 g/mol. The molecule has 0 saturated heterocycles. The molecule has 0 unspecified atom stereocenters. The van der Waals surface area contributed by atoms with Crippen LogP contribution in [0.3, 0.4) is 0 Å². The van der Waals surface area contributed by atoms with Crippen LogP contribution < -0.4 is 0 Å². The molecule has 0 amide bonds. The van der Waals surface area contributed by atoms with E-state index in [4.69, 9.17) is 0 Å². The zero-order valence-corrected chi connectivity index (χ0v) is 42.8. The van der Waals surface area contributed by atoms with Gasteiger partial charge in [0.1, 0.15) is 11.6 Å². The van der Waals surface area contributed by atoms with E-state index in [0.29, 0.717) is 0 Å². The number of benzene rings is 2. The first-order valence-electron chi connectivity index (χ1n) is 25.8. The highest BCUT2D eigenvalue weighted by atomic mass is 32.1. The summed E-state index contributed by atoms with van der Waals surface area (Å²) in [4.78, 5) is 7.99. The molecule has 348 valence electrons. The van der Waals surface area contributed by atoms with Crippen LogP contribution in [0.4, 0.5) is 8.78 Å². The molecule has 0 spiro atoms. The maximum atomic E-state index is 14.1. The largest absolute Gasteiger partial charge is 0.207 e. The Balaban J connectivity index is 1.08. The first-order chi connectivity index (χ1) is 31.5. The van der Waals surface area contributed by atoms with E-state index in [9.17, 15) is 8.78 Å². The predicted molar refractivity (Wildman–Crippen MR) is 285 cm³/mol. The molecule has 0 aliphatic heterocycles. The molecule has 0 saturated carbocycles. The zero-order valence-electron chi connectivity index (χ0n) is 39.5. The van der Waals surface area contributed by atoms with Crippen LogP contribution in [0, 0.1) is 11.6 Å². The number of rotatable bonds is 34. The number of hydrogen-bond donors (Lipinski definition) is 0. The van der Waals surface area contributed by atoms with Crippen LogP contribution in [0.1, 0.15) is 205 Å². The molecule has 0 bridgehead atoms. The van der Waals surface area contributed by atoms with Gasteiger partial charge in [0.15, 0.2) is 0 Å². The number of thiophene rings is 4. The summed E-state index contributed by atoms with van der Waals surface area (Å²) in [6.07, 6.45) is 40.6. The first kappa shape index (κ1) is 50.8. The normalized spacial score (nSPS) is 11.8. The van der Waals surface area contributed by atoms with Crippen LogP contribution in [0.2, 0.25) is 0 Å². The minimum absolute atomic E-state index is 0.175. The lowest BCUT2D eigenvalue weighted by Gasteiger charge is -2.05.